The monoisotopic (exact) mass is 449 g/mol. The maximum Gasteiger partial charge on any atom is 0.276 e. The quantitative estimate of drug-likeness (QED) is 0.659. The number of likely N-dealkylation sites (tertiary alicyclic amines) is 1. The van der Waals surface area contributed by atoms with Crippen molar-refractivity contribution in [1.29, 1.82) is 0 Å². The van der Waals surface area contributed by atoms with Crippen molar-refractivity contribution in [3.05, 3.63) is 41.7 Å². The highest BCUT2D eigenvalue weighted by molar-refractivity contribution is 5.92. The first kappa shape index (κ1) is 22.1. The van der Waals surface area contributed by atoms with E-state index in [1.807, 2.05) is 0 Å². The molecule has 0 bridgehead atoms. The summed E-state index contributed by atoms with van der Waals surface area (Å²) in [5.41, 5.74) is 0.858. The molecular formula is C21H25F2N5O4. The van der Waals surface area contributed by atoms with Crippen LogP contribution < -0.4 is 4.74 Å². The fourth-order valence-corrected chi connectivity index (χ4v) is 4.00. The predicted molar refractivity (Wildman–Crippen MR) is 109 cm³/mol. The fourth-order valence-electron chi connectivity index (χ4n) is 4.00. The highest BCUT2D eigenvalue weighted by Crippen LogP contribution is 2.33. The van der Waals surface area contributed by atoms with E-state index in [0.717, 1.165) is 0 Å². The van der Waals surface area contributed by atoms with Crippen molar-refractivity contribution in [2.75, 3.05) is 40.0 Å². The summed E-state index contributed by atoms with van der Waals surface area (Å²) in [6.45, 7) is 1.25. The molecule has 3 heterocycles. The molecule has 0 saturated carbocycles. The summed E-state index contributed by atoms with van der Waals surface area (Å²) in [4.78, 5) is 28.2. The zero-order valence-electron chi connectivity index (χ0n) is 17.7. The SMILES string of the molecule is COc1ccc(CC(=O)N2CC(F)(F)C[C@H]2Cn2cc(C(=O)N3CCOCC3)nn2)cc1. The van der Waals surface area contributed by atoms with E-state index in [0.29, 0.717) is 37.6 Å². The Hall–Kier alpha value is -3.08. The molecule has 2 aliphatic rings. The van der Waals surface area contributed by atoms with Crippen molar-refractivity contribution in [2.45, 2.75) is 31.4 Å². The highest BCUT2D eigenvalue weighted by atomic mass is 19.3. The lowest BCUT2D eigenvalue weighted by Crippen LogP contribution is -2.41. The molecule has 0 N–H and O–H groups in total. The molecule has 32 heavy (non-hydrogen) atoms. The topological polar surface area (TPSA) is 89.8 Å². The number of ether oxygens (including phenoxy) is 2. The first-order chi connectivity index (χ1) is 15.3. The van der Waals surface area contributed by atoms with Gasteiger partial charge in [-0.05, 0) is 17.7 Å². The van der Waals surface area contributed by atoms with Crippen molar-refractivity contribution >= 4 is 11.8 Å². The first-order valence-corrected chi connectivity index (χ1v) is 10.4. The van der Waals surface area contributed by atoms with Crippen LogP contribution in [0.25, 0.3) is 0 Å². The normalized spacial score (nSPS) is 20.4. The lowest BCUT2D eigenvalue weighted by atomic mass is 10.1. The molecule has 0 unspecified atom stereocenters. The number of methoxy groups -OCH3 is 1. The molecule has 0 aliphatic carbocycles. The number of alkyl halides is 2. The molecule has 2 fully saturated rings. The minimum absolute atomic E-state index is 0.00863. The maximum atomic E-state index is 14.2. The number of halogens is 2. The molecule has 1 aromatic heterocycles. The van der Waals surface area contributed by atoms with Crippen LogP contribution in [0.15, 0.2) is 30.5 Å². The van der Waals surface area contributed by atoms with E-state index in [1.54, 1.807) is 36.3 Å². The average molecular weight is 449 g/mol. The summed E-state index contributed by atoms with van der Waals surface area (Å²) < 4.78 is 40.1. The average Bonchev–Trinajstić information content (AvgIpc) is 3.38. The third kappa shape index (κ3) is 5.04. The van der Waals surface area contributed by atoms with Crippen LogP contribution in [-0.2, 0) is 22.5 Å². The molecule has 9 nitrogen and oxygen atoms in total. The van der Waals surface area contributed by atoms with Gasteiger partial charge in [0.2, 0.25) is 5.91 Å². The Morgan fingerprint density at radius 3 is 2.62 bits per heavy atom. The third-order valence-electron chi connectivity index (χ3n) is 5.67. The van der Waals surface area contributed by atoms with Gasteiger partial charge in [-0.15, -0.1) is 5.10 Å². The van der Waals surface area contributed by atoms with Crippen molar-refractivity contribution in [3.63, 3.8) is 0 Å². The second kappa shape index (κ2) is 9.19. The van der Waals surface area contributed by atoms with Crippen molar-refractivity contribution in [2.24, 2.45) is 0 Å². The highest BCUT2D eigenvalue weighted by Gasteiger charge is 2.47. The van der Waals surface area contributed by atoms with E-state index in [1.165, 1.54) is 15.8 Å². The van der Waals surface area contributed by atoms with E-state index >= 15 is 0 Å². The third-order valence-corrected chi connectivity index (χ3v) is 5.67. The molecule has 4 rings (SSSR count). The molecule has 2 saturated heterocycles. The van der Waals surface area contributed by atoms with Crippen LogP contribution in [0.4, 0.5) is 8.78 Å². The molecule has 1 aromatic carbocycles. The Balaban J connectivity index is 1.42. The minimum Gasteiger partial charge on any atom is -0.497 e. The van der Waals surface area contributed by atoms with E-state index in [4.69, 9.17) is 9.47 Å². The smallest absolute Gasteiger partial charge is 0.276 e. The van der Waals surface area contributed by atoms with Gasteiger partial charge in [-0.3, -0.25) is 9.59 Å². The van der Waals surface area contributed by atoms with Gasteiger partial charge in [-0.25, -0.2) is 13.5 Å². The van der Waals surface area contributed by atoms with Crippen LogP contribution in [0.2, 0.25) is 0 Å². The summed E-state index contributed by atoms with van der Waals surface area (Å²) in [6.07, 6.45) is 0.989. The Morgan fingerprint density at radius 1 is 1.22 bits per heavy atom. The summed E-state index contributed by atoms with van der Waals surface area (Å²) >= 11 is 0. The van der Waals surface area contributed by atoms with E-state index < -0.39 is 24.9 Å². The molecule has 0 radical (unpaired) electrons. The van der Waals surface area contributed by atoms with Gasteiger partial charge < -0.3 is 19.3 Å². The van der Waals surface area contributed by atoms with Gasteiger partial charge in [0.05, 0.1) is 52.1 Å². The van der Waals surface area contributed by atoms with Gasteiger partial charge in [0.25, 0.3) is 11.8 Å². The molecule has 0 spiro atoms. The number of morpholine rings is 1. The van der Waals surface area contributed by atoms with E-state index in [-0.39, 0.29) is 30.5 Å². The van der Waals surface area contributed by atoms with Crippen LogP contribution in [0.1, 0.15) is 22.5 Å². The van der Waals surface area contributed by atoms with Crippen LogP contribution in [0.5, 0.6) is 5.75 Å². The molecule has 172 valence electrons. The zero-order valence-corrected chi connectivity index (χ0v) is 17.7. The van der Waals surface area contributed by atoms with Gasteiger partial charge in [0, 0.05) is 19.5 Å². The first-order valence-electron chi connectivity index (χ1n) is 10.4. The number of amides is 2. The number of carbonyl (C=O) groups is 2. The van der Waals surface area contributed by atoms with Crippen molar-refractivity contribution in [3.8, 4) is 5.75 Å². The second-order valence-corrected chi connectivity index (χ2v) is 7.99. The van der Waals surface area contributed by atoms with Gasteiger partial charge in [-0.2, -0.15) is 0 Å². The van der Waals surface area contributed by atoms with Gasteiger partial charge in [0.1, 0.15) is 5.75 Å². The standard InChI is InChI=1S/C21H25F2N5O4/c1-31-17-4-2-15(3-5-17)10-19(29)28-14-21(22,23)11-16(28)12-27-13-18(24-25-27)20(30)26-6-8-32-9-7-26/h2-5,13,16H,6-12,14H2,1H3/t16-/m0/s1. The van der Waals surface area contributed by atoms with Crippen LogP contribution in [-0.4, -0.2) is 88.5 Å². The van der Waals surface area contributed by atoms with Gasteiger partial charge >= 0.3 is 0 Å². The fraction of sp³-hybridized carbons (Fsp3) is 0.524. The second-order valence-electron chi connectivity index (χ2n) is 7.99. The van der Waals surface area contributed by atoms with Crippen LogP contribution in [0, 0.1) is 0 Å². The number of rotatable bonds is 6. The molecular weight excluding hydrogens is 424 g/mol. The number of carbonyl (C=O) groups excluding carboxylic acids is 2. The molecule has 2 aliphatic heterocycles. The summed E-state index contributed by atoms with van der Waals surface area (Å²) in [6, 6.07) is 6.17. The van der Waals surface area contributed by atoms with Crippen molar-refractivity contribution < 1.29 is 27.8 Å². The largest absolute Gasteiger partial charge is 0.497 e. The minimum atomic E-state index is -2.98. The van der Waals surface area contributed by atoms with Gasteiger partial charge in [0.15, 0.2) is 5.69 Å². The number of hydrogen-bond donors (Lipinski definition) is 0. The Morgan fingerprint density at radius 2 is 1.94 bits per heavy atom. The molecule has 2 amide bonds. The van der Waals surface area contributed by atoms with Crippen molar-refractivity contribution in [1.82, 2.24) is 24.8 Å². The maximum absolute atomic E-state index is 14.2. The zero-order chi connectivity index (χ0) is 22.7. The Kier molecular flexibility index (Phi) is 6.35. The number of benzene rings is 1. The number of aromatic nitrogens is 3. The lowest BCUT2D eigenvalue weighted by molar-refractivity contribution is -0.132. The summed E-state index contributed by atoms with van der Waals surface area (Å²) in [5.74, 6) is -2.99. The van der Waals surface area contributed by atoms with E-state index in [2.05, 4.69) is 10.3 Å². The van der Waals surface area contributed by atoms with Crippen LogP contribution >= 0.6 is 0 Å². The summed E-state index contributed by atoms with van der Waals surface area (Å²) in [7, 11) is 1.54. The lowest BCUT2D eigenvalue weighted by Gasteiger charge is -2.25. The molecule has 2 aromatic rings. The Bertz CT molecular complexity index is 959. The van der Waals surface area contributed by atoms with Crippen LogP contribution in [0.3, 0.4) is 0 Å². The molecule has 11 heteroatoms. The Labute approximate surface area is 183 Å². The van der Waals surface area contributed by atoms with E-state index in [9.17, 15) is 18.4 Å². The molecule has 1 atom stereocenters. The van der Waals surface area contributed by atoms with Gasteiger partial charge in [-0.1, -0.05) is 17.3 Å². The summed E-state index contributed by atoms with van der Waals surface area (Å²) in [5, 5.41) is 7.83. The predicted octanol–water partition coefficient (Wildman–Crippen LogP) is 1.24. The number of hydrogen-bond acceptors (Lipinski definition) is 6. The number of nitrogens with zero attached hydrogens (tertiary/aromatic N) is 5.